The van der Waals surface area contributed by atoms with Crippen molar-refractivity contribution < 1.29 is 4.79 Å². The number of hydrogen-bond donors (Lipinski definition) is 2. The van der Waals surface area contributed by atoms with Crippen LogP contribution in [0.15, 0.2) is 18.2 Å². The molecule has 0 radical (unpaired) electrons. The Morgan fingerprint density at radius 3 is 2.73 bits per heavy atom. The van der Waals surface area contributed by atoms with Crippen LogP contribution in [0.2, 0.25) is 10.0 Å². The zero-order chi connectivity index (χ0) is 11.4. The lowest BCUT2D eigenvalue weighted by atomic mass is 10.2. The van der Waals surface area contributed by atoms with Gasteiger partial charge in [0.15, 0.2) is 0 Å². The normalized spacial score (nSPS) is 9.87. The van der Waals surface area contributed by atoms with E-state index in [0.29, 0.717) is 16.6 Å². The van der Waals surface area contributed by atoms with Crippen LogP contribution in [-0.2, 0) is 6.54 Å². The van der Waals surface area contributed by atoms with Gasteiger partial charge in [-0.2, -0.15) is 0 Å². The van der Waals surface area contributed by atoms with E-state index in [2.05, 4.69) is 0 Å². The molecule has 0 fully saturated rings. The van der Waals surface area contributed by atoms with E-state index < -0.39 is 0 Å². The number of hydrazine groups is 1. The van der Waals surface area contributed by atoms with Gasteiger partial charge in [-0.25, -0.2) is 10.6 Å². The lowest BCUT2D eigenvalue weighted by Crippen LogP contribution is -2.40. The average molecular weight is 248 g/mol. The highest BCUT2D eigenvalue weighted by atomic mass is 35.5. The summed E-state index contributed by atoms with van der Waals surface area (Å²) in [5.41, 5.74) is 2.85. The lowest BCUT2D eigenvalue weighted by Gasteiger charge is -2.16. The summed E-state index contributed by atoms with van der Waals surface area (Å²) in [6.45, 7) is 0.374. The van der Waals surface area contributed by atoms with Crippen molar-refractivity contribution in [1.29, 1.82) is 0 Å². The summed E-state index contributed by atoms with van der Waals surface area (Å²) in [5, 5.41) is 1.09. The van der Waals surface area contributed by atoms with E-state index in [1.807, 2.05) is 5.43 Å². The van der Waals surface area contributed by atoms with Gasteiger partial charge in [-0.15, -0.1) is 0 Å². The second-order valence-electron chi connectivity index (χ2n) is 3.04. The van der Waals surface area contributed by atoms with Crippen molar-refractivity contribution in [3.63, 3.8) is 0 Å². The minimum atomic E-state index is -0.374. The highest BCUT2D eigenvalue weighted by molar-refractivity contribution is 6.35. The van der Waals surface area contributed by atoms with Gasteiger partial charge in [-0.1, -0.05) is 29.3 Å². The molecular weight excluding hydrogens is 237 g/mol. The van der Waals surface area contributed by atoms with Crippen molar-refractivity contribution in [3.8, 4) is 0 Å². The van der Waals surface area contributed by atoms with Crippen molar-refractivity contribution in [2.75, 3.05) is 7.05 Å². The van der Waals surface area contributed by atoms with Crippen LogP contribution in [0, 0.1) is 0 Å². The number of nitrogens with zero attached hydrogens (tertiary/aromatic N) is 1. The molecule has 1 rings (SSSR count). The summed E-state index contributed by atoms with van der Waals surface area (Å²) in [6.07, 6.45) is 0. The molecule has 4 nitrogen and oxygen atoms in total. The van der Waals surface area contributed by atoms with E-state index in [4.69, 9.17) is 29.0 Å². The first-order valence-corrected chi connectivity index (χ1v) is 4.96. The second kappa shape index (κ2) is 5.21. The van der Waals surface area contributed by atoms with Gasteiger partial charge in [0.2, 0.25) is 0 Å². The Labute approximate surface area is 97.9 Å². The molecule has 0 aliphatic rings. The molecule has 1 aromatic rings. The summed E-state index contributed by atoms with van der Waals surface area (Å²) in [6, 6.07) is 4.75. The SMILES string of the molecule is CN(Cc1ccc(Cl)cc1Cl)C(=O)NN. The first kappa shape index (κ1) is 12.1. The monoisotopic (exact) mass is 247 g/mol. The Hall–Kier alpha value is -0.970. The van der Waals surface area contributed by atoms with Crippen molar-refractivity contribution in [3.05, 3.63) is 33.8 Å². The first-order valence-electron chi connectivity index (χ1n) is 4.20. The number of nitrogens with two attached hydrogens (primary N) is 1. The highest BCUT2D eigenvalue weighted by Crippen LogP contribution is 2.21. The van der Waals surface area contributed by atoms with Crippen LogP contribution >= 0.6 is 23.2 Å². The zero-order valence-electron chi connectivity index (χ0n) is 8.13. The quantitative estimate of drug-likeness (QED) is 0.477. The van der Waals surface area contributed by atoms with E-state index in [1.54, 1.807) is 25.2 Å². The lowest BCUT2D eigenvalue weighted by molar-refractivity contribution is 0.207. The second-order valence-corrected chi connectivity index (χ2v) is 3.88. The maximum atomic E-state index is 11.1. The van der Waals surface area contributed by atoms with Crippen molar-refractivity contribution in [2.24, 2.45) is 5.84 Å². The molecular formula is C9H11Cl2N3O. The fourth-order valence-electron chi connectivity index (χ4n) is 1.09. The Kier molecular flexibility index (Phi) is 4.20. The molecule has 15 heavy (non-hydrogen) atoms. The topological polar surface area (TPSA) is 58.4 Å². The number of urea groups is 1. The number of halogens is 2. The maximum Gasteiger partial charge on any atom is 0.331 e. The summed E-state index contributed by atoms with van der Waals surface area (Å²) in [7, 11) is 1.62. The van der Waals surface area contributed by atoms with E-state index in [9.17, 15) is 4.79 Å². The summed E-state index contributed by atoms with van der Waals surface area (Å²) in [5.74, 6) is 4.99. The molecule has 0 unspecified atom stereocenters. The third-order valence-corrected chi connectivity index (χ3v) is 2.48. The van der Waals surface area contributed by atoms with Crippen LogP contribution in [0.25, 0.3) is 0 Å². The third kappa shape index (κ3) is 3.27. The summed E-state index contributed by atoms with van der Waals surface area (Å²) < 4.78 is 0. The van der Waals surface area contributed by atoms with E-state index in [-0.39, 0.29) is 6.03 Å². The Morgan fingerprint density at radius 2 is 2.20 bits per heavy atom. The van der Waals surface area contributed by atoms with E-state index >= 15 is 0 Å². The predicted octanol–water partition coefficient (Wildman–Crippen LogP) is 2.01. The van der Waals surface area contributed by atoms with E-state index in [1.165, 1.54) is 4.90 Å². The van der Waals surface area contributed by atoms with E-state index in [0.717, 1.165) is 5.56 Å². The number of carbonyl (C=O) groups excluding carboxylic acids is 1. The number of rotatable bonds is 2. The largest absolute Gasteiger partial charge is 0.331 e. The Bertz CT molecular complexity index is 370. The Morgan fingerprint density at radius 1 is 1.53 bits per heavy atom. The smallest absolute Gasteiger partial charge is 0.322 e. The fourth-order valence-corrected chi connectivity index (χ4v) is 1.56. The average Bonchev–Trinajstić information content (AvgIpc) is 2.20. The molecule has 0 saturated heterocycles. The van der Waals surface area contributed by atoms with Gasteiger partial charge >= 0.3 is 6.03 Å². The highest BCUT2D eigenvalue weighted by Gasteiger charge is 2.09. The molecule has 2 amide bonds. The molecule has 0 atom stereocenters. The van der Waals surface area contributed by atoms with Crippen LogP contribution in [0.3, 0.4) is 0 Å². The third-order valence-electron chi connectivity index (χ3n) is 1.89. The Balaban J connectivity index is 2.76. The van der Waals surface area contributed by atoms with Crippen molar-refractivity contribution >= 4 is 29.2 Å². The molecule has 0 spiro atoms. The molecule has 0 aromatic heterocycles. The van der Waals surface area contributed by atoms with Gasteiger partial charge in [0.25, 0.3) is 0 Å². The van der Waals surface area contributed by atoms with Crippen molar-refractivity contribution in [1.82, 2.24) is 10.3 Å². The van der Waals surface area contributed by atoms with Gasteiger partial charge in [0.1, 0.15) is 0 Å². The van der Waals surface area contributed by atoms with Crippen LogP contribution < -0.4 is 11.3 Å². The zero-order valence-corrected chi connectivity index (χ0v) is 9.64. The molecule has 0 aliphatic carbocycles. The summed E-state index contributed by atoms with van der Waals surface area (Å²) >= 11 is 11.7. The van der Waals surface area contributed by atoms with Gasteiger partial charge in [0.05, 0.1) is 0 Å². The number of nitrogens with one attached hydrogen (secondary N) is 1. The van der Waals surface area contributed by atoms with Crippen LogP contribution in [0.1, 0.15) is 5.56 Å². The number of carbonyl (C=O) groups is 1. The fraction of sp³-hybridized carbons (Fsp3) is 0.222. The maximum absolute atomic E-state index is 11.1. The molecule has 0 aliphatic heterocycles. The minimum absolute atomic E-state index is 0.374. The van der Waals surface area contributed by atoms with Crippen LogP contribution in [0.4, 0.5) is 4.79 Å². The molecule has 6 heteroatoms. The van der Waals surface area contributed by atoms with Crippen molar-refractivity contribution in [2.45, 2.75) is 6.54 Å². The van der Waals surface area contributed by atoms with Crippen LogP contribution in [-0.4, -0.2) is 18.0 Å². The first-order chi connectivity index (χ1) is 7.04. The number of benzene rings is 1. The van der Waals surface area contributed by atoms with Crippen LogP contribution in [0.5, 0.6) is 0 Å². The summed E-state index contributed by atoms with van der Waals surface area (Å²) in [4.78, 5) is 12.5. The van der Waals surface area contributed by atoms with Gasteiger partial charge < -0.3 is 4.90 Å². The molecule has 0 saturated carbocycles. The number of hydrogen-bond acceptors (Lipinski definition) is 2. The minimum Gasteiger partial charge on any atom is -0.322 e. The predicted molar refractivity (Wildman–Crippen MR) is 60.6 cm³/mol. The van der Waals surface area contributed by atoms with Gasteiger partial charge in [0, 0.05) is 23.6 Å². The molecule has 1 aromatic carbocycles. The standard InChI is InChI=1S/C9H11Cl2N3O/c1-14(9(15)13-12)5-6-2-3-7(10)4-8(6)11/h2-4H,5,12H2,1H3,(H,13,15). The molecule has 82 valence electrons. The molecule has 0 bridgehead atoms. The van der Waals surface area contributed by atoms with Gasteiger partial charge in [-0.3, -0.25) is 5.43 Å². The van der Waals surface area contributed by atoms with Gasteiger partial charge in [-0.05, 0) is 17.7 Å². The molecule has 3 N–H and O–H groups in total. The molecule has 0 heterocycles. The number of amides is 2.